The van der Waals surface area contributed by atoms with Crippen LogP contribution in [0.25, 0.3) is 0 Å². The van der Waals surface area contributed by atoms with Gasteiger partial charge >= 0.3 is 0 Å². The zero-order valence-corrected chi connectivity index (χ0v) is 14.2. The molecule has 2 aromatic carbocycles. The Kier molecular flexibility index (Phi) is 5.50. The van der Waals surface area contributed by atoms with Crippen molar-refractivity contribution in [2.75, 3.05) is 12.4 Å². The van der Waals surface area contributed by atoms with Crippen molar-refractivity contribution < 1.29 is 9.53 Å². The Morgan fingerprint density at radius 1 is 1.09 bits per heavy atom. The number of rotatable bonds is 5. The Morgan fingerprint density at radius 3 is 2.36 bits per heavy atom. The Balaban J connectivity index is 2.10. The molecule has 22 heavy (non-hydrogen) atoms. The quantitative estimate of drug-likeness (QED) is 0.829. The van der Waals surface area contributed by atoms with Crippen LogP contribution in [0.4, 0.5) is 5.69 Å². The number of amides is 1. The molecule has 1 unspecified atom stereocenters. The van der Waals surface area contributed by atoms with Crippen LogP contribution in [0.2, 0.25) is 0 Å². The first-order chi connectivity index (χ1) is 10.5. The summed E-state index contributed by atoms with van der Waals surface area (Å²) in [5, 5.41) is 2.82. The van der Waals surface area contributed by atoms with E-state index in [1.807, 2.05) is 63.2 Å². The molecule has 0 heterocycles. The molecule has 2 aromatic rings. The fourth-order valence-electron chi connectivity index (χ4n) is 2.20. The summed E-state index contributed by atoms with van der Waals surface area (Å²) in [6.45, 7) is 5.90. The van der Waals surface area contributed by atoms with E-state index in [1.165, 1.54) is 11.8 Å². The molecular weight excluding hydrogens is 294 g/mol. The first kappa shape index (κ1) is 16.4. The molecule has 0 aliphatic rings. The third kappa shape index (κ3) is 3.83. The molecule has 3 nitrogen and oxygen atoms in total. The van der Waals surface area contributed by atoms with E-state index < -0.39 is 0 Å². The fourth-order valence-corrected chi connectivity index (χ4v) is 3.17. The highest BCUT2D eigenvalue weighted by Crippen LogP contribution is 2.32. The van der Waals surface area contributed by atoms with Crippen LogP contribution in [-0.4, -0.2) is 18.3 Å². The molecule has 0 saturated carbocycles. The number of thioether (sulfide) groups is 1. The molecule has 0 spiro atoms. The van der Waals surface area contributed by atoms with Gasteiger partial charge in [-0.25, -0.2) is 0 Å². The zero-order valence-electron chi connectivity index (χ0n) is 13.3. The SMILES string of the molecule is COc1ccccc1SC(C)C(=O)Nc1c(C)cccc1C. The number of ether oxygens (including phenoxy) is 1. The van der Waals surface area contributed by atoms with Crippen LogP contribution in [0.1, 0.15) is 18.1 Å². The van der Waals surface area contributed by atoms with E-state index >= 15 is 0 Å². The number of hydrogen-bond acceptors (Lipinski definition) is 3. The van der Waals surface area contributed by atoms with Crippen molar-refractivity contribution >= 4 is 23.4 Å². The number of para-hydroxylation sites is 2. The number of benzene rings is 2. The average Bonchev–Trinajstić information content (AvgIpc) is 2.51. The molecule has 0 aliphatic carbocycles. The Bertz CT molecular complexity index is 650. The number of nitrogens with one attached hydrogen (secondary N) is 1. The normalized spacial score (nSPS) is 11.8. The minimum Gasteiger partial charge on any atom is -0.496 e. The molecule has 116 valence electrons. The van der Waals surface area contributed by atoms with Gasteiger partial charge in [0.15, 0.2) is 0 Å². The maximum absolute atomic E-state index is 12.4. The lowest BCUT2D eigenvalue weighted by atomic mass is 10.1. The van der Waals surface area contributed by atoms with Crippen molar-refractivity contribution in [2.45, 2.75) is 30.9 Å². The smallest absolute Gasteiger partial charge is 0.237 e. The molecule has 0 bridgehead atoms. The molecule has 0 aromatic heterocycles. The van der Waals surface area contributed by atoms with Crippen molar-refractivity contribution in [3.05, 3.63) is 53.6 Å². The second-order valence-electron chi connectivity index (χ2n) is 5.17. The first-order valence-electron chi connectivity index (χ1n) is 7.19. The molecule has 0 aliphatic heterocycles. The van der Waals surface area contributed by atoms with Gasteiger partial charge in [0.2, 0.25) is 5.91 Å². The average molecular weight is 315 g/mol. The lowest BCUT2D eigenvalue weighted by molar-refractivity contribution is -0.115. The van der Waals surface area contributed by atoms with Crippen LogP contribution in [-0.2, 0) is 4.79 Å². The maximum Gasteiger partial charge on any atom is 0.237 e. The second kappa shape index (κ2) is 7.36. The summed E-state index contributed by atoms with van der Waals surface area (Å²) in [7, 11) is 1.64. The predicted molar refractivity (Wildman–Crippen MR) is 92.9 cm³/mol. The molecule has 4 heteroatoms. The molecule has 2 rings (SSSR count). The van der Waals surface area contributed by atoms with E-state index in [-0.39, 0.29) is 11.2 Å². The Morgan fingerprint density at radius 2 is 1.73 bits per heavy atom. The van der Waals surface area contributed by atoms with Crippen LogP contribution >= 0.6 is 11.8 Å². The Hall–Kier alpha value is -1.94. The third-order valence-corrected chi connectivity index (χ3v) is 4.63. The molecular formula is C18H21NO2S. The standard InChI is InChI=1S/C18H21NO2S/c1-12-8-7-9-13(2)17(12)19-18(20)14(3)22-16-11-6-5-10-15(16)21-4/h5-11,14H,1-4H3,(H,19,20). The largest absolute Gasteiger partial charge is 0.496 e. The number of carbonyl (C=O) groups is 1. The van der Waals surface area contributed by atoms with Gasteiger partial charge in [0.25, 0.3) is 0 Å². The number of aryl methyl sites for hydroxylation is 2. The summed E-state index contributed by atoms with van der Waals surface area (Å²) >= 11 is 1.50. The van der Waals surface area contributed by atoms with Gasteiger partial charge in [-0.2, -0.15) is 0 Å². The van der Waals surface area contributed by atoms with Gasteiger partial charge in [-0.1, -0.05) is 30.3 Å². The minimum absolute atomic E-state index is 0.00620. The first-order valence-corrected chi connectivity index (χ1v) is 8.07. The molecule has 0 fully saturated rings. The van der Waals surface area contributed by atoms with Crippen LogP contribution in [0.3, 0.4) is 0 Å². The summed E-state index contributed by atoms with van der Waals surface area (Å²) in [4.78, 5) is 13.4. The van der Waals surface area contributed by atoms with Crippen LogP contribution < -0.4 is 10.1 Å². The van der Waals surface area contributed by atoms with Crippen molar-refractivity contribution in [3.8, 4) is 5.75 Å². The van der Waals surface area contributed by atoms with Crippen molar-refractivity contribution in [1.82, 2.24) is 0 Å². The molecule has 0 saturated heterocycles. The lowest BCUT2D eigenvalue weighted by Gasteiger charge is -2.16. The number of methoxy groups -OCH3 is 1. The van der Waals surface area contributed by atoms with E-state index in [2.05, 4.69) is 5.32 Å². The van der Waals surface area contributed by atoms with Crippen LogP contribution in [0.15, 0.2) is 47.4 Å². The Labute approximate surface area is 136 Å². The molecule has 1 atom stereocenters. The third-order valence-electron chi connectivity index (χ3n) is 3.47. The summed E-state index contributed by atoms with van der Waals surface area (Å²) < 4.78 is 5.33. The van der Waals surface area contributed by atoms with Gasteiger partial charge in [-0.05, 0) is 44.0 Å². The zero-order chi connectivity index (χ0) is 16.1. The second-order valence-corrected chi connectivity index (χ2v) is 6.55. The lowest BCUT2D eigenvalue weighted by Crippen LogP contribution is -2.23. The van der Waals surface area contributed by atoms with Gasteiger partial charge in [0.05, 0.1) is 17.3 Å². The summed E-state index contributed by atoms with van der Waals surface area (Å²) in [5.74, 6) is 0.785. The number of anilines is 1. The van der Waals surface area contributed by atoms with Crippen LogP contribution in [0, 0.1) is 13.8 Å². The predicted octanol–water partition coefficient (Wildman–Crippen LogP) is 4.43. The monoisotopic (exact) mass is 315 g/mol. The minimum atomic E-state index is -0.213. The summed E-state index contributed by atoms with van der Waals surface area (Å²) in [6.07, 6.45) is 0. The van der Waals surface area contributed by atoms with Crippen LogP contribution in [0.5, 0.6) is 5.75 Å². The molecule has 1 N–H and O–H groups in total. The van der Waals surface area contributed by atoms with Crippen molar-refractivity contribution in [2.24, 2.45) is 0 Å². The van der Waals surface area contributed by atoms with E-state index in [4.69, 9.17) is 4.74 Å². The molecule has 0 radical (unpaired) electrons. The maximum atomic E-state index is 12.4. The van der Waals surface area contributed by atoms with Gasteiger partial charge in [-0.15, -0.1) is 11.8 Å². The van der Waals surface area contributed by atoms with E-state index in [0.717, 1.165) is 27.5 Å². The topological polar surface area (TPSA) is 38.3 Å². The van der Waals surface area contributed by atoms with E-state index in [9.17, 15) is 4.79 Å². The van der Waals surface area contributed by atoms with E-state index in [0.29, 0.717) is 0 Å². The molecule has 1 amide bonds. The summed E-state index contributed by atoms with van der Waals surface area (Å²) in [5.41, 5.74) is 3.05. The highest BCUT2D eigenvalue weighted by Gasteiger charge is 2.17. The van der Waals surface area contributed by atoms with Gasteiger partial charge in [0, 0.05) is 5.69 Å². The summed E-state index contributed by atoms with van der Waals surface area (Å²) in [6, 6.07) is 13.7. The van der Waals surface area contributed by atoms with Gasteiger partial charge in [0.1, 0.15) is 5.75 Å². The highest BCUT2D eigenvalue weighted by molar-refractivity contribution is 8.00. The highest BCUT2D eigenvalue weighted by atomic mass is 32.2. The van der Waals surface area contributed by atoms with Gasteiger partial charge < -0.3 is 10.1 Å². The van der Waals surface area contributed by atoms with Crippen molar-refractivity contribution in [1.29, 1.82) is 0 Å². The fraction of sp³-hybridized carbons (Fsp3) is 0.278. The van der Waals surface area contributed by atoms with Crippen molar-refractivity contribution in [3.63, 3.8) is 0 Å². The number of hydrogen-bond donors (Lipinski definition) is 1. The van der Waals surface area contributed by atoms with E-state index in [1.54, 1.807) is 7.11 Å². The van der Waals surface area contributed by atoms with Gasteiger partial charge in [-0.3, -0.25) is 4.79 Å². The number of carbonyl (C=O) groups excluding carboxylic acids is 1.